The summed E-state index contributed by atoms with van der Waals surface area (Å²) < 4.78 is 25.2. The molecule has 5 nitrogen and oxygen atoms in total. The molecule has 0 fully saturated rings. The second kappa shape index (κ2) is 4.63. The van der Waals surface area contributed by atoms with Gasteiger partial charge in [-0.15, -0.1) is 0 Å². The number of pyridine rings is 1. The van der Waals surface area contributed by atoms with Crippen LogP contribution in [0.25, 0.3) is 0 Å². The highest BCUT2D eigenvalue weighted by molar-refractivity contribution is 5.90. The molecule has 0 aliphatic carbocycles. The molecule has 0 atom stereocenters. The summed E-state index contributed by atoms with van der Waals surface area (Å²) in [7, 11) is 0. The fourth-order valence-corrected chi connectivity index (χ4v) is 1.20. The number of aromatic nitrogens is 1. The maximum Gasteiger partial charge on any atom is 0.336 e. The third-order valence-electron chi connectivity index (χ3n) is 1.88. The minimum Gasteiger partial charge on any atom is -0.478 e. The van der Waals surface area contributed by atoms with Crippen molar-refractivity contribution in [3.8, 4) is 6.07 Å². The summed E-state index contributed by atoms with van der Waals surface area (Å²) in [5.74, 6) is -1.54. The summed E-state index contributed by atoms with van der Waals surface area (Å²) in [5.41, 5.74) is 3.19. The Morgan fingerprint density at radius 1 is 1.69 bits per heavy atom. The number of carboxylic acids is 1. The molecule has 0 aliphatic heterocycles. The summed E-state index contributed by atoms with van der Waals surface area (Å²) in [6.07, 6.45) is -3.07. The van der Waals surface area contributed by atoms with Crippen LogP contribution in [0.4, 0.5) is 8.78 Å². The van der Waals surface area contributed by atoms with Crippen LogP contribution in [0.1, 0.15) is 33.7 Å². The number of hydrogen-bond donors (Lipinski definition) is 2. The molecule has 0 spiro atoms. The van der Waals surface area contributed by atoms with Gasteiger partial charge in [0, 0.05) is 6.54 Å². The van der Waals surface area contributed by atoms with Crippen LogP contribution < -0.4 is 5.73 Å². The van der Waals surface area contributed by atoms with E-state index in [0.717, 1.165) is 6.07 Å². The summed E-state index contributed by atoms with van der Waals surface area (Å²) in [4.78, 5) is 14.3. The predicted octanol–water partition coefficient (Wildman–Crippen LogP) is 1.05. The van der Waals surface area contributed by atoms with Gasteiger partial charge >= 0.3 is 5.97 Å². The highest BCUT2D eigenvalue weighted by atomic mass is 19.3. The lowest BCUT2D eigenvalue weighted by molar-refractivity contribution is 0.0684. The Morgan fingerprint density at radius 2 is 2.31 bits per heavy atom. The SMILES string of the molecule is N#Cc1nc(CN)cc(C(=O)O)c1C(F)F. The first kappa shape index (κ1) is 12.0. The van der Waals surface area contributed by atoms with Crippen molar-refractivity contribution in [1.82, 2.24) is 4.98 Å². The number of alkyl halides is 2. The molecule has 1 aromatic heterocycles. The Morgan fingerprint density at radius 3 is 2.69 bits per heavy atom. The normalized spacial score (nSPS) is 10.2. The molecule has 0 amide bonds. The fourth-order valence-electron chi connectivity index (χ4n) is 1.20. The van der Waals surface area contributed by atoms with Crippen molar-refractivity contribution in [1.29, 1.82) is 5.26 Å². The van der Waals surface area contributed by atoms with Crippen molar-refractivity contribution in [2.24, 2.45) is 5.73 Å². The summed E-state index contributed by atoms with van der Waals surface area (Å²) >= 11 is 0. The number of nitrogens with two attached hydrogens (primary N) is 1. The molecular weight excluding hydrogens is 220 g/mol. The number of hydrogen-bond acceptors (Lipinski definition) is 4. The molecule has 0 aromatic carbocycles. The molecule has 0 saturated carbocycles. The minimum absolute atomic E-state index is 0.0818. The molecule has 3 N–H and O–H groups in total. The predicted molar refractivity (Wildman–Crippen MR) is 48.8 cm³/mol. The van der Waals surface area contributed by atoms with E-state index < -0.39 is 29.2 Å². The average molecular weight is 227 g/mol. The van der Waals surface area contributed by atoms with Crippen molar-refractivity contribution in [2.45, 2.75) is 13.0 Å². The van der Waals surface area contributed by atoms with E-state index in [-0.39, 0.29) is 12.2 Å². The smallest absolute Gasteiger partial charge is 0.336 e. The van der Waals surface area contributed by atoms with Crippen molar-refractivity contribution in [3.63, 3.8) is 0 Å². The van der Waals surface area contributed by atoms with Gasteiger partial charge in [0.25, 0.3) is 6.43 Å². The van der Waals surface area contributed by atoms with Crippen LogP contribution in [0.15, 0.2) is 6.07 Å². The van der Waals surface area contributed by atoms with E-state index >= 15 is 0 Å². The van der Waals surface area contributed by atoms with E-state index in [9.17, 15) is 13.6 Å². The summed E-state index contributed by atoms with van der Waals surface area (Å²) in [6.45, 7) is -0.127. The zero-order chi connectivity index (χ0) is 12.3. The van der Waals surface area contributed by atoms with Crippen LogP contribution in [0, 0.1) is 11.3 Å². The zero-order valence-electron chi connectivity index (χ0n) is 7.94. The van der Waals surface area contributed by atoms with Gasteiger partial charge in [0.05, 0.1) is 16.8 Å². The van der Waals surface area contributed by atoms with Gasteiger partial charge < -0.3 is 10.8 Å². The highest BCUT2D eigenvalue weighted by Crippen LogP contribution is 2.26. The number of nitriles is 1. The van der Waals surface area contributed by atoms with Crippen LogP contribution in [-0.2, 0) is 6.54 Å². The number of halogens is 2. The standard InChI is InChI=1S/C9H7F2N3O2/c10-8(11)7-5(9(15)16)1-4(2-12)14-6(7)3-13/h1,8H,2,12H2,(H,15,16). The van der Waals surface area contributed by atoms with Gasteiger partial charge in [-0.05, 0) is 6.07 Å². The van der Waals surface area contributed by atoms with Crippen LogP contribution in [0.5, 0.6) is 0 Å². The van der Waals surface area contributed by atoms with Gasteiger partial charge in [0.15, 0.2) is 5.69 Å². The molecule has 1 rings (SSSR count). The Hall–Kier alpha value is -2.07. The third kappa shape index (κ3) is 2.12. The van der Waals surface area contributed by atoms with Crippen molar-refractivity contribution in [3.05, 3.63) is 28.6 Å². The van der Waals surface area contributed by atoms with Crippen LogP contribution in [0.2, 0.25) is 0 Å². The third-order valence-corrected chi connectivity index (χ3v) is 1.88. The molecule has 0 radical (unpaired) electrons. The van der Waals surface area contributed by atoms with Crippen molar-refractivity contribution < 1.29 is 18.7 Å². The van der Waals surface area contributed by atoms with E-state index in [1.54, 1.807) is 0 Å². The van der Waals surface area contributed by atoms with E-state index in [4.69, 9.17) is 16.1 Å². The molecule has 0 saturated heterocycles. The molecule has 0 bridgehead atoms. The number of rotatable bonds is 3. The van der Waals surface area contributed by atoms with E-state index in [1.165, 1.54) is 6.07 Å². The summed E-state index contributed by atoms with van der Waals surface area (Å²) in [5, 5.41) is 17.4. The van der Waals surface area contributed by atoms with Crippen LogP contribution in [0.3, 0.4) is 0 Å². The van der Waals surface area contributed by atoms with Crippen LogP contribution >= 0.6 is 0 Å². The number of carbonyl (C=O) groups is 1. The van der Waals surface area contributed by atoms with Crippen molar-refractivity contribution in [2.75, 3.05) is 0 Å². The van der Waals surface area contributed by atoms with Gasteiger partial charge in [-0.1, -0.05) is 0 Å². The first-order chi connectivity index (χ1) is 7.51. The first-order valence-corrected chi connectivity index (χ1v) is 4.16. The molecule has 16 heavy (non-hydrogen) atoms. The maximum atomic E-state index is 12.6. The van der Waals surface area contributed by atoms with Gasteiger partial charge in [-0.2, -0.15) is 5.26 Å². The Bertz CT molecular complexity index is 469. The number of nitrogens with zero attached hydrogens (tertiary/aromatic N) is 2. The molecule has 7 heteroatoms. The second-order valence-electron chi connectivity index (χ2n) is 2.85. The lowest BCUT2D eigenvalue weighted by Gasteiger charge is -2.08. The van der Waals surface area contributed by atoms with Gasteiger partial charge in [0.1, 0.15) is 6.07 Å². The minimum atomic E-state index is -3.07. The fraction of sp³-hybridized carbons (Fsp3) is 0.222. The Balaban J connectivity index is 3.55. The number of carboxylic acid groups (broad SMARTS) is 1. The van der Waals surface area contributed by atoms with Crippen LogP contribution in [-0.4, -0.2) is 16.1 Å². The van der Waals surface area contributed by atoms with Crippen molar-refractivity contribution >= 4 is 5.97 Å². The lowest BCUT2D eigenvalue weighted by Crippen LogP contribution is -2.11. The Labute approximate surface area is 89.1 Å². The molecule has 1 aromatic rings. The summed E-state index contributed by atoms with van der Waals surface area (Å²) in [6, 6.07) is 2.39. The van der Waals surface area contributed by atoms with E-state index in [2.05, 4.69) is 4.98 Å². The van der Waals surface area contributed by atoms with Gasteiger partial charge in [0.2, 0.25) is 0 Å². The molecule has 0 unspecified atom stereocenters. The molecule has 1 heterocycles. The topological polar surface area (TPSA) is 100 Å². The van der Waals surface area contributed by atoms with E-state index in [1.807, 2.05) is 0 Å². The first-order valence-electron chi connectivity index (χ1n) is 4.16. The highest BCUT2D eigenvalue weighted by Gasteiger charge is 2.24. The monoisotopic (exact) mass is 227 g/mol. The number of aromatic carboxylic acids is 1. The average Bonchev–Trinajstić information content (AvgIpc) is 2.26. The molecular formula is C9H7F2N3O2. The Kier molecular flexibility index (Phi) is 3.48. The quantitative estimate of drug-likeness (QED) is 0.803. The molecule has 0 aliphatic rings. The lowest BCUT2D eigenvalue weighted by atomic mass is 10.1. The van der Waals surface area contributed by atoms with Gasteiger partial charge in [-0.3, -0.25) is 0 Å². The maximum absolute atomic E-state index is 12.6. The molecule has 84 valence electrons. The van der Waals surface area contributed by atoms with E-state index in [0.29, 0.717) is 0 Å². The largest absolute Gasteiger partial charge is 0.478 e. The zero-order valence-corrected chi connectivity index (χ0v) is 7.94. The van der Waals surface area contributed by atoms with Gasteiger partial charge in [-0.25, -0.2) is 18.6 Å². The second-order valence-corrected chi connectivity index (χ2v) is 2.85.